The van der Waals surface area contributed by atoms with E-state index in [1.807, 2.05) is 0 Å². The van der Waals surface area contributed by atoms with Crippen LogP contribution < -0.4 is 10.1 Å². The highest BCUT2D eigenvalue weighted by atomic mass is 79.9. The largest absolute Gasteiger partial charge is 0.480 e. The Morgan fingerprint density at radius 1 is 1.50 bits per heavy atom. The number of piperidine rings is 1. The first-order valence-corrected chi connectivity index (χ1v) is 6.50. The summed E-state index contributed by atoms with van der Waals surface area (Å²) in [6, 6.07) is 2.11. The van der Waals surface area contributed by atoms with Gasteiger partial charge in [0.1, 0.15) is 6.10 Å². The molecule has 0 unspecified atom stereocenters. The first-order valence-electron chi connectivity index (χ1n) is 4.89. The predicted molar refractivity (Wildman–Crippen MR) is 63.3 cm³/mol. The fourth-order valence-corrected chi connectivity index (χ4v) is 3.25. The molecule has 2 nitrogen and oxygen atoms in total. The van der Waals surface area contributed by atoms with Crippen molar-refractivity contribution in [1.29, 1.82) is 0 Å². The Morgan fingerprint density at radius 2 is 2.21 bits per heavy atom. The minimum Gasteiger partial charge on any atom is -0.480 e. The number of thiophene rings is 1. The molecule has 1 N–H and O–H groups in total. The average Bonchev–Trinajstić information content (AvgIpc) is 2.47. The van der Waals surface area contributed by atoms with E-state index in [0.29, 0.717) is 6.10 Å². The van der Waals surface area contributed by atoms with Crippen LogP contribution in [-0.2, 0) is 0 Å². The summed E-state index contributed by atoms with van der Waals surface area (Å²) >= 11 is 5.23. The van der Waals surface area contributed by atoms with Crippen molar-refractivity contribution in [2.24, 2.45) is 0 Å². The zero-order chi connectivity index (χ0) is 9.97. The zero-order valence-electron chi connectivity index (χ0n) is 8.18. The quantitative estimate of drug-likeness (QED) is 0.896. The van der Waals surface area contributed by atoms with E-state index < -0.39 is 0 Å². The molecule has 1 aliphatic heterocycles. The van der Waals surface area contributed by atoms with Gasteiger partial charge in [-0.1, -0.05) is 0 Å². The summed E-state index contributed by atoms with van der Waals surface area (Å²) in [7, 11) is 0. The standard InChI is InChI=1S/C10H14BrNOS/c1-7-6-9(11)10(14-7)13-8-2-4-12-5-3-8/h6,8,12H,2-5H2,1H3. The van der Waals surface area contributed by atoms with E-state index in [-0.39, 0.29) is 0 Å². The summed E-state index contributed by atoms with van der Waals surface area (Å²) in [6.07, 6.45) is 2.62. The van der Waals surface area contributed by atoms with Gasteiger partial charge >= 0.3 is 0 Å². The third kappa shape index (κ3) is 2.49. The molecule has 0 amide bonds. The number of halogens is 1. The first kappa shape index (κ1) is 10.5. The topological polar surface area (TPSA) is 21.3 Å². The molecule has 0 aliphatic carbocycles. The number of ether oxygens (including phenoxy) is 1. The molecule has 78 valence electrons. The summed E-state index contributed by atoms with van der Waals surface area (Å²) in [4.78, 5) is 1.29. The average molecular weight is 276 g/mol. The molecular weight excluding hydrogens is 262 g/mol. The monoisotopic (exact) mass is 275 g/mol. The van der Waals surface area contributed by atoms with Gasteiger partial charge in [-0.05, 0) is 54.9 Å². The van der Waals surface area contributed by atoms with Gasteiger partial charge in [-0.25, -0.2) is 0 Å². The Kier molecular flexibility index (Phi) is 3.47. The van der Waals surface area contributed by atoms with Crippen molar-refractivity contribution >= 4 is 27.3 Å². The molecule has 2 heterocycles. The van der Waals surface area contributed by atoms with E-state index in [0.717, 1.165) is 35.5 Å². The van der Waals surface area contributed by atoms with Gasteiger partial charge in [0.05, 0.1) is 4.47 Å². The molecule has 0 spiro atoms. The Labute approximate surface area is 96.8 Å². The molecule has 0 atom stereocenters. The second-order valence-corrected chi connectivity index (χ2v) is 5.63. The van der Waals surface area contributed by atoms with Gasteiger partial charge in [-0.15, -0.1) is 11.3 Å². The van der Waals surface area contributed by atoms with Crippen LogP contribution in [0.1, 0.15) is 17.7 Å². The third-order valence-corrected chi connectivity index (χ3v) is 4.13. The van der Waals surface area contributed by atoms with Crippen LogP contribution in [-0.4, -0.2) is 19.2 Å². The van der Waals surface area contributed by atoms with Crippen LogP contribution in [0.15, 0.2) is 10.5 Å². The highest BCUT2D eigenvalue weighted by Crippen LogP contribution is 2.35. The van der Waals surface area contributed by atoms with Gasteiger partial charge in [-0.2, -0.15) is 0 Å². The molecule has 14 heavy (non-hydrogen) atoms. The van der Waals surface area contributed by atoms with Crippen molar-refractivity contribution in [1.82, 2.24) is 5.32 Å². The van der Waals surface area contributed by atoms with E-state index in [1.165, 1.54) is 4.88 Å². The van der Waals surface area contributed by atoms with Gasteiger partial charge in [-0.3, -0.25) is 0 Å². The lowest BCUT2D eigenvalue weighted by atomic mass is 10.1. The maximum Gasteiger partial charge on any atom is 0.188 e. The summed E-state index contributed by atoms with van der Waals surface area (Å²) in [5.74, 6) is 0. The fraction of sp³-hybridized carbons (Fsp3) is 0.600. The van der Waals surface area contributed by atoms with Crippen molar-refractivity contribution < 1.29 is 4.74 Å². The highest BCUT2D eigenvalue weighted by Gasteiger charge is 2.16. The minimum atomic E-state index is 0.394. The van der Waals surface area contributed by atoms with Crippen LogP contribution in [0.2, 0.25) is 0 Å². The Morgan fingerprint density at radius 3 is 2.79 bits per heavy atom. The Bertz CT molecular complexity index is 307. The number of hydrogen-bond donors (Lipinski definition) is 1. The summed E-state index contributed by atoms with van der Waals surface area (Å²) in [5, 5.41) is 4.37. The zero-order valence-corrected chi connectivity index (χ0v) is 10.6. The van der Waals surface area contributed by atoms with Gasteiger partial charge in [0.25, 0.3) is 0 Å². The SMILES string of the molecule is Cc1cc(Br)c(OC2CCNCC2)s1. The van der Waals surface area contributed by atoms with E-state index >= 15 is 0 Å². The molecule has 0 saturated carbocycles. The van der Waals surface area contributed by atoms with E-state index in [4.69, 9.17) is 4.74 Å². The Balaban J connectivity index is 1.98. The summed E-state index contributed by atoms with van der Waals surface area (Å²) in [6.45, 7) is 4.25. The molecule has 0 radical (unpaired) electrons. The molecule has 1 saturated heterocycles. The van der Waals surface area contributed by atoms with Crippen molar-refractivity contribution in [3.8, 4) is 5.06 Å². The molecule has 0 bridgehead atoms. The van der Waals surface area contributed by atoms with E-state index in [9.17, 15) is 0 Å². The lowest BCUT2D eigenvalue weighted by Gasteiger charge is -2.23. The van der Waals surface area contributed by atoms with Crippen molar-refractivity contribution in [3.63, 3.8) is 0 Å². The summed E-state index contributed by atoms with van der Waals surface area (Å²) in [5.41, 5.74) is 0. The van der Waals surface area contributed by atoms with E-state index in [2.05, 4.69) is 34.2 Å². The molecule has 2 rings (SSSR count). The minimum absolute atomic E-state index is 0.394. The van der Waals surface area contributed by atoms with Crippen LogP contribution in [0.3, 0.4) is 0 Å². The lowest BCUT2D eigenvalue weighted by molar-refractivity contribution is 0.167. The second-order valence-electron chi connectivity index (χ2n) is 3.56. The predicted octanol–water partition coefficient (Wildman–Crippen LogP) is 2.95. The second kappa shape index (κ2) is 4.64. The van der Waals surface area contributed by atoms with Crippen molar-refractivity contribution in [2.45, 2.75) is 25.9 Å². The number of aryl methyl sites for hydroxylation is 1. The molecule has 1 aliphatic rings. The van der Waals surface area contributed by atoms with Crippen molar-refractivity contribution in [2.75, 3.05) is 13.1 Å². The van der Waals surface area contributed by atoms with Crippen LogP contribution in [0.5, 0.6) is 5.06 Å². The van der Waals surface area contributed by atoms with E-state index in [1.54, 1.807) is 11.3 Å². The lowest BCUT2D eigenvalue weighted by Crippen LogP contribution is -2.34. The van der Waals surface area contributed by atoms with Crippen LogP contribution in [0.25, 0.3) is 0 Å². The molecule has 1 fully saturated rings. The number of rotatable bonds is 2. The molecular formula is C10H14BrNOS. The number of hydrogen-bond acceptors (Lipinski definition) is 3. The van der Waals surface area contributed by atoms with Gasteiger partial charge < -0.3 is 10.1 Å². The molecule has 4 heteroatoms. The number of nitrogens with one attached hydrogen (secondary N) is 1. The third-order valence-electron chi connectivity index (χ3n) is 2.34. The van der Waals surface area contributed by atoms with Gasteiger partial charge in [0.2, 0.25) is 0 Å². The maximum atomic E-state index is 5.94. The normalized spacial score (nSPS) is 18.4. The molecule has 1 aromatic rings. The fourth-order valence-electron chi connectivity index (χ4n) is 1.61. The smallest absolute Gasteiger partial charge is 0.188 e. The highest BCUT2D eigenvalue weighted by molar-refractivity contribution is 9.10. The first-order chi connectivity index (χ1) is 6.75. The van der Waals surface area contributed by atoms with Crippen LogP contribution in [0, 0.1) is 6.92 Å². The molecule has 1 aromatic heterocycles. The van der Waals surface area contributed by atoms with Gasteiger partial charge in [0.15, 0.2) is 5.06 Å². The maximum absolute atomic E-state index is 5.94. The Hall–Kier alpha value is -0.0600. The molecule has 0 aromatic carbocycles. The van der Waals surface area contributed by atoms with Crippen LogP contribution >= 0.6 is 27.3 Å². The van der Waals surface area contributed by atoms with Crippen LogP contribution in [0.4, 0.5) is 0 Å². The summed E-state index contributed by atoms with van der Waals surface area (Å²) < 4.78 is 7.03. The van der Waals surface area contributed by atoms with Crippen molar-refractivity contribution in [3.05, 3.63) is 15.4 Å². The van der Waals surface area contributed by atoms with Gasteiger partial charge in [0, 0.05) is 4.88 Å².